The third-order valence-electron chi connectivity index (χ3n) is 2.18. The third kappa shape index (κ3) is 2.25. The maximum atomic E-state index is 11.0. The molecular weight excluding hydrogens is 180 g/mol. The smallest absolute Gasteiger partial charge is 0.311 e. The molecule has 0 aromatic heterocycles. The molecule has 0 aliphatic rings. The molecule has 14 heavy (non-hydrogen) atoms. The highest BCUT2D eigenvalue weighted by Gasteiger charge is 2.23. The Labute approximate surface area is 83.0 Å². The van der Waals surface area contributed by atoms with Crippen molar-refractivity contribution in [2.24, 2.45) is 5.92 Å². The maximum absolute atomic E-state index is 11.0. The fourth-order valence-electron chi connectivity index (χ4n) is 1.49. The summed E-state index contributed by atoms with van der Waals surface area (Å²) in [7, 11) is 0. The van der Waals surface area contributed by atoms with Crippen LogP contribution in [0.3, 0.4) is 0 Å². The summed E-state index contributed by atoms with van der Waals surface area (Å²) >= 11 is 0. The number of aromatic hydroxyl groups is 1. The second kappa shape index (κ2) is 4.13. The first-order valence-electron chi connectivity index (χ1n) is 4.54. The molecule has 0 spiro atoms. The molecule has 3 nitrogen and oxygen atoms in total. The Morgan fingerprint density at radius 2 is 1.71 bits per heavy atom. The van der Waals surface area contributed by atoms with E-state index >= 15 is 0 Å². The normalized spacial score (nSPS) is 12.8. The molecule has 1 atom stereocenters. The van der Waals surface area contributed by atoms with E-state index in [1.807, 2.05) is 13.8 Å². The van der Waals surface area contributed by atoms with Crippen LogP contribution in [0.1, 0.15) is 25.3 Å². The van der Waals surface area contributed by atoms with Gasteiger partial charge < -0.3 is 10.2 Å². The number of rotatable bonds is 3. The molecule has 0 unspecified atom stereocenters. The van der Waals surface area contributed by atoms with Gasteiger partial charge in [0.25, 0.3) is 0 Å². The molecule has 0 fully saturated rings. The minimum absolute atomic E-state index is 0.0389. The number of hydrogen-bond donors (Lipinski definition) is 2. The zero-order chi connectivity index (χ0) is 10.7. The summed E-state index contributed by atoms with van der Waals surface area (Å²) in [6, 6.07) is 6.31. The van der Waals surface area contributed by atoms with Crippen molar-refractivity contribution >= 4 is 5.97 Å². The lowest BCUT2D eigenvalue weighted by molar-refractivity contribution is -0.139. The van der Waals surface area contributed by atoms with Crippen LogP contribution >= 0.6 is 0 Å². The van der Waals surface area contributed by atoms with Crippen LogP contribution in [0.5, 0.6) is 5.75 Å². The molecule has 0 amide bonds. The van der Waals surface area contributed by atoms with Gasteiger partial charge in [0.1, 0.15) is 5.75 Å². The molecule has 0 radical (unpaired) electrons. The molecule has 0 aliphatic carbocycles. The van der Waals surface area contributed by atoms with E-state index in [0.29, 0.717) is 0 Å². The summed E-state index contributed by atoms with van der Waals surface area (Å²) in [4.78, 5) is 11.0. The van der Waals surface area contributed by atoms with Gasteiger partial charge in [0, 0.05) is 0 Å². The van der Waals surface area contributed by atoms with E-state index in [4.69, 9.17) is 10.2 Å². The Balaban J connectivity index is 3.00. The van der Waals surface area contributed by atoms with Gasteiger partial charge in [0.2, 0.25) is 0 Å². The Morgan fingerprint density at radius 3 is 2.07 bits per heavy atom. The van der Waals surface area contributed by atoms with Gasteiger partial charge in [0.05, 0.1) is 5.92 Å². The standard InChI is InChI=1S/C11H14O3/c1-7(2)10(11(13)14)8-3-5-9(12)6-4-8/h3-7,10,12H,1-2H3,(H,13,14)/t10-/m1/s1. The molecule has 0 bridgehead atoms. The first-order valence-corrected chi connectivity index (χ1v) is 4.54. The van der Waals surface area contributed by atoms with Crippen molar-refractivity contribution < 1.29 is 15.0 Å². The second-order valence-electron chi connectivity index (χ2n) is 3.65. The summed E-state index contributed by atoms with van der Waals surface area (Å²) < 4.78 is 0. The predicted molar refractivity (Wildman–Crippen MR) is 53.3 cm³/mol. The quantitative estimate of drug-likeness (QED) is 0.775. The van der Waals surface area contributed by atoms with Crippen LogP contribution < -0.4 is 0 Å². The molecule has 3 heteroatoms. The highest BCUT2D eigenvalue weighted by Crippen LogP contribution is 2.25. The molecule has 2 N–H and O–H groups in total. The lowest BCUT2D eigenvalue weighted by atomic mass is 9.89. The SMILES string of the molecule is CC(C)[C@@H](C(=O)O)c1ccc(O)cc1. The fraction of sp³-hybridized carbons (Fsp3) is 0.364. The van der Waals surface area contributed by atoms with Crippen molar-refractivity contribution in [3.05, 3.63) is 29.8 Å². The molecular formula is C11H14O3. The second-order valence-corrected chi connectivity index (χ2v) is 3.65. The van der Waals surface area contributed by atoms with Gasteiger partial charge in [-0.3, -0.25) is 4.79 Å². The first kappa shape index (κ1) is 10.6. The zero-order valence-electron chi connectivity index (χ0n) is 8.27. The Bertz CT molecular complexity index is 314. The summed E-state index contributed by atoms with van der Waals surface area (Å²) in [6.45, 7) is 3.73. The molecule has 0 heterocycles. The van der Waals surface area contributed by atoms with Gasteiger partial charge in [-0.25, -0.2) is 0 Å². The number of hydrogen-bond acceptors (Lipinski definition) is 2. The highest BCUT2D eigenvalue weighted by atomic mass is 16.4. The van der Waals surface area contributed by atoms with Crippen LogP contribution in [0.4, 0.5) is 0 Å². The minimum atomic E-state index is -0.828. The van der Waals surface area contributed by atoms with Gasteiger partial charge >= 0.3 is 5.97 Å². The maximum Gasteiger partial charge on any atom is 0.311 e. The van der Waals surface area contributed by atoms with Crippen LogP contribution in [0, 0.1) is 5.92 Å². The Hall–Kier alpha value is -1.51. The molecule has 1 aromatic rings. The molecule has 1 rings (SSSR count). The van der Waals surface area contributed by atoms with E-state index in [0.717, 1.165) is 5.56 Å². The van der Waals surface area contributed by atoms with Crippen LogP contribution in [0.2, 0.25) is 0 Å². The lowest BCUT2D eigenvalue weighted by Gasteiger charge is -2.16. The van der Waals surface area contributed by atoms with E-state index in [9.17, 15) is 4.79 Å². The summed E-state index contributed by atoms with van der Waals surface area (Å²) in [5.41, 5.74) is 0.727. The number of aliphatic carboxylic acids is 1. The summed E-state index contributed by atoms with van der Waals surface area (Å²) in [5, 5.41) is 18.1. The van der Waals surface area contributed by atoms with Gasteiger partial charge in [-0.2, -0.15) is 0 Å². The number of phenolic OH excluding ortho intramolecular Hbond substituents is 1. The lowest BCUT2D eigenvalue weighted by Crippen LogP contribution is -2.17. The largest absolute Gasteiger partial charge is 0.508 e. The van der Waals surface area contributed by atoms with Crippen LogP contribution in [0.15, 0.2) is 24.3 Å². The van der Waals surface area contributed by atoms with Crippen molar-refractivity contribution in [3.63, 3.8) is 0 Å². The first-order chi connectivity index (χ1) is 6.52. The average molecular weight is 194 g/mol. The number of carboxylic acid groups (broad SMARTS) is 1. The molecule has 0 saturated carbocycles. The van der Waals surface area contributed by atoms with Gasteiger partial charge in [-0.05, 0) is 23.6 Å². The Kier molecular flexibility index (Phi) is 3.12. The van der Waals surface area contributed by atoms with Crippen LogP contribution in [0.25, 0.3) is 0 Å². The Morgan fingerprint density at radius 1 is 1.21 bits per heavy atom. The topological polar surface area (TPSA) is 57.5 Å². The molecule has 76 valence electrons. The number of phenols is 1. The molecule has 0 aliphatic heterocycles. The predicted octanol–water partition coefficient (Wildman–Crippen LogP) is 2.22. The molecule has 1 aromatic carbocycles. The van der Waals surface area contributed by atoms with Crippen molar-refractivity contribution in [2.45, 2.75) is 19.8 Å². The number of carbonyl (C=O) groups is 1. The van der Waals surface area contributed by atoms with Gasteiger partial charge in [-0.15, -0.1) is 0 Å². The van der Waals surface area contributed by atoms with E-state index < -0.39 is 11.9 Å². The van der Waals surface area contributed by atoms with Crippen molar-refractivity contribution in [1.82, 2.24) is 0 Å². The monoisotopic (exact) mass is 194 g/mol. The third-order valence-corrected chi connectivity index (χ3v) is 2.18. The number of carboxylic acids is 1. The van der Waals surface area contributed by atoms with E-state index in [-0.39, 0.29) is 11.7 Å². The van der Waals surface area contributed by atoms with Crippen molar-refractivity contribution in [3.8, 4) is 5.75 Å². The van der Waals surface area contributed by atoms with E-state index in [1.54, 1.807) is 12.1 Å². The van der Waals surface area contributed by atoms with Gasteiger partial charge in [0.15, 0.2) is 0 Å². The highest BCUT2D eigenvalue weighted by molar-refractivity contribution is 5.76. The van der Waals surface area contributed by atoms with Crippen molar-refractivity contribution in [2.75, 3.05) is 0 Å². The van der Waals surface area contributed by atoms with Gasteiger partial charge in [-0.1, -0.05) is 26.0 Å². The van der Waals surface area contributed by atoms with Crippen molar-refractivity contribution in [1.29, 1.82) is 0 Å². The van der Waals surface area contributed by atoms with E-state index in [2.05, 4.69) is 0 Å². The fourth-order valence-corrected chi connectivity index (χ4v) is 1.49. The summed E-state index contributed by atoms with van der Waals surface area (Å²) in [6.07, 6.45) is 0. The van der Waals surface area contributed by atoms with E-state index in [1.165, 1.54) is 12.1 Å². The molecule has 0 saturated heterocycles. The zero-order valence-corrected chi connectivity index (χ0v) is 8.27. The van der Waals surface area contributed by atoms with Crippen LogP contribution in [-0.2, 0) is 4.79 Å². The average Bonchev–Trinajstić information content (AvgIpc) is 2.07. The number of benzene rings is 1. The van der Waals surface area contributed by atoms with Crippen LogP contribution in [-0.4, -0.2) is 16.2 Å². The summed E-state index contributed by atoms with van der Waals surface area (Å²) in [5.74, 6) is -1.14. The minimum Gasteiger partial charge on any atom is -0.508 e.